The number of aromatic hydroxyl groups is 1. The molecule has 0 atom stereocenters. The highest BCUT2D eigenvalue weighted by Crippen LogP contribution is 2.29. The topological polar surface area (TPSA) is 86.7 Å². The van der Waals surface area contributed by atoms with Crippen molar-refractivity contribution in [2.24, 2.45) is 4.99 Å². The van der Waals surface area contributed by atoms with Crippen LogP contribution in [0.1, 0.15) is 31.9 Å². The van der Waals surface area contributed by atoms with Gasteiger partial charge in [0.05, 0.1) is 17.8 Å². The maximum absolute atomic E-state index is 11.8. The maximum atomic E-state index is 11.8. The highest BCUT2D eigenvalue weighted by molar-refractivity contribution is 6.21. The molecule has 2 aromatic carbocycles. The van der Waals surface area contributed by atoms with Crippen LogP contribution >= 0.6 is 0 Å². The number of benzene rings is 2. The zero-order chi connectivity index (χ0) is 20.1. The molecule has 0 aliphatic rings. The molecule has 0 saturated carbocycles. The van der Waals surface area contributed by atoms with Gasteiger partial charge >= 0.3 is 6.09 Å². The zero-order valence-corrected chi connectivity index (χ0v) is 16.3. The van der Waals surface area contributed by atoms with Crippen molar-refractivity contribution in [2.45, 2.75) is 26.4 Å². The standard InChI is InChI=1S/C22H25N3O3/c1-22(2,3)28-21(27)24-14-13-23-19(15-9-5-4-6-10-15)18-16-11-7-8-12-17(16)25-20(18)26/h4-12,25-26H,13-14H2,1-3H3,(H,24,27). The number of nitrogens with one attached hydrogen (secondary N) is 2. The van der Waals surface area contributed by atoms with Crippen LogP contribution < -0.4 is 5.32 Å². The quantitative estimate of drug-likeness (QED) is 0.458. The Morgan fingerprint density at radius 3 is 2.50 bits per heavy atom. The van der Waals surface area contributed by atoms with Crippen molar-refractivity contribution in [2.75, 3.05) is 13.1 Å². The van der Waals surface area contributed by atoms with E-state index < -0.39 is 11.7 Å². The van der Waals surface area contributed by atoms with E-state index in [0.29, 0.717) is 24.4 Å². The van der Waals surface area contributed by atoms with Crippen LogP contribution in [0.4, 0.5) is 4.79 Å². The largest absolute Gasteiger partial charge is 0.494 e. The van der Waals surface area contributed by atoms with Crippen molar-refractivity contribution >= 4 is 22.7 Å². The lowest BCUT2D eigenvalue weighted by molar-refractivity contribution is 0.0529. The number of hydrogen-bond acceptors (Lipinski definition) is 4. The second-order valence-electron chi connectivity index (χ2n) is 7.42. The van der Waals surface area contributed by atoms with Gasteiger partial charge < -0.3 is 20.1 Å². The van der Waals surface area contributed by atoms with Crippen LogP contribution in [-0.2, 0) is 4.74 Å². The van der Waals surface area contributed by atoms with Crippen molar-refractivity contribution in [1.29, 1.82) is 0 Å². The van der Waals surface area contributed by atoms with Crippen LogP contribution in [0, 0.1) is 0 Å². The van der Waals surface area contributed by atoms with Gasteiger partial charge in [-0.1, -0.05) is 48.5 Å². The first-order chi connectivity index (χ1) is 13.3. The molecule has 0 spiro atoms. The molecule has 6 heteroatoms. The molecule has 146 valence electrons. The number of carbonyl (C=O) groups excluding carboxylic acids is 1. The van der Waals surface area contributed by atoms with E-state index in [2.05, 4.69) is 15.3 Å². The third kappa shape index (κ3) is 4.71. The predicted molar refractivity (Wildman–Crippen MR) is 111 cm³/mol. The highest BCUT2D eigenvalue weighted by atomic mass is 16.6. The second-order valence-corrected chi connectivity index (χ2v) is 7.42. The van der Waals surface area contributed by atoms with Gasteiger partial charge in [-0.15, -0.1) is 0 Å². The number of fused-ring (bicyclic) bond motifs is 1. The first-order valence-corrected chi connectivity index (χ1v) is 9.22. The zero-order valence-electron chi connectivity index (χ0n) is 16.3. The number of H-pyrrole nitrogens is 1. The monoisotopic (exact) mass is 379 g/mol. The summed E-state index contributed by atoms with van der Waals surface area (Å²) in [6.45, 7) is 6.13. The summed E-state index contributed by atoms with van der Waals surface area (Å²) < 4.78 is 5.23. The Kier molecular flexibility index (Phi) is 5.68. The summed E-state index contributed by atoms with van der Waals surface area (Å²) in [5.41, 5.74) is 2.50. The average molecular weight is 379 g/mol. The minimum Gasteiger partial charge on any atom is -0.494 e. The molecule has 0 radical (unpaired) electrons. The molecule has 0 saturated heterocycles. The number of ether oxygens (including phenoxy) is 1. The number of aromatic nitrogens is 1. The number of rotatable bonds is 5. The molecule has 0 aliphatic heterocycles. The smallest absolute Gasteiger partial charge is 0.407 e. The van der Waals surface area contributed by atoms with Crippen LogP contribution in [0.2, 0.25) is 0 Å². The summed E-state index contributed by atoms with van der Waals surface area (Å²) in [5, 5.41) is 14.1. The van der Waals surface area contributed by atoms with E-state index in [1.807, 2.05) is 75.4 Å². The lowest BCUT2D eigenvalue weighted by Crippen LogP contribution is -2.33. The van der Waals surface area contributed by atoms with Gasteiger partial charge in [0.15, 0.2) is 5.88 Å². The Bertz CT molecular complexity index is 985. The average Bonchev–Trinajstić information content (AvgIpc) is 2.97. The molecule has 1 amide bonds. The molecule has 0 bridgehead atoms. The van der Waals surface area contributed by atoms with Crippen LogP contribution in [0.5, 0.6) is 5.88 Å². The Labute approximate surface area is 164 Å². The predicted octanol–water partition coefficient (Wildman–Crippen LogP) is 4.24. The SMILES string of the molecule is CC(C)(C)OC(=O)NCCN=C(c1ccccc1)c1c(O)[nH]c2ccccc12. The van der Waals surface area contributed by atoms with Gasteiger partial charge in [0.1, 0.15) is 5.60 Å². The molecule has 1 heterocycles. The van der Waals surface area contributed by atoms with Gasteiger partial charge in [0, 0.05) is 23.0 Å². The fourth-order valence-electron chi connectivity index (χ4n) is 2.92. The van der Waals surface area contributed by atoms with Gasteiger partial charge in [0.25, 0.3) is 0 Å². The maximum Gasteiger partial charge on any atom is 0.407 e. The number of aromatic amines is 1. The van der Waals surface area contributed by atoms with Crippen LogP contribution in [0.3, 0.4) is 0 Å². The number of para-hydroxylation sites is 1. The number of hydrogen-bond donors (Lipinski definition) is 3. The third-order valence-electron chi connectivity index (χ3n) is 4.02. The number of amides is 1. The summed E-state index contributed by atoms with van der Waals surface area (Å²) in [7, 11) is 0. The molecule has 0 fully saturated rings. The molecule has 28 heavy (non-hydrogen) atoms. The van der Waals surface area contributed by atoms with Gasteiger partial charge in [-0.05, 0) is 26.8 Å². The van der Waals surface area contributed by atoms with Crippen molar-refractivity contribution in [1.82, 2.24) is 10.3 Å². The molecule has 3 aromatic rings. The van der Waals surface area contributed by atoms with Crippen molar-refractivity contribution in [3.63, 3.8) is 0 Å². The fraction of sp³-hybridized carbons (Fsp3) is 0.273. The van der Waals surface area contributed by atoms with Crippen LogP contribution in [-0.4, -0.2) is 40.6 Å². The van der Waals surface area contributed by atoms with Gasteiger partial charge in [-0.3, -0.25) is 4.99 Å². The van der Waals surface area contributed by atoms with E-state index in [9.17, 15) is 9.90 Å². The molecular formula is C22H25N3O3. The van der Waals surface area contributed by atoms with E-state index in [0.717, 1.165) is 16.5 Å². The Balaban J connectivity index is 1.86. The van der Waals surface area contributed by atoms with E-state index >= 15 is 0 Å². The first-order valence-electron chi connectivity index (χ1n) is 9.22. The number of nitrogens with zero attached hydrogens (tertiary/aromatic N) is 1. The number of aliphatic imine (C=N–C) groups is 1. The highest BCUT2D eigenvalue weighted by Gasteiger charge is 2.18. The summed E-state index contributed by atoms with van der Waals surface area (Å²) in [6.07, 6.45) is -0.473. The van der Waals surface area contributed by atoms with Gasteiger partial charge in [0.2, 0.25) is 0 Å². The Hall–Kier alpha value is -3.28. The molecule has 0 aliphatic carbocycles. The molecule has 0 unspecified atom stereocenters. The van der Waals surface area contributed by atoms with E-state index in [1.54, 1.807) is 0 Å². The van der Waals surface area contributed by atoms with E-state index in [1.165, 1.54) is 0 Å². The lowest BCUT2D eigenvalue weighted by atomic mass is 10.0. The molecular weight excluding hydrogens is 354 g/mol. The van der Waals surface area contributed by atoms with E-state index in [-0.39, 0.29) is 5.88 Å². The van der Waals surface area contributed by atoms with Crippen molar-refractivity contribution in [3.8, 4) is 5.88 Å². The van der Waals surface area contributed by atoms with Crippen LogP contribution in [0.25, 0.3) is 10.9 Å². The summed E-state index contributed by atoms with van der Waals surface area (Å²) in [6, 6.07) is 17.4. The normalized spacial score (nSPS) is 12.2. The molecule has 3 N–H and O–H groups in total. The summed E-state index contributed by atoms with van der Waals surface area (Å²) in [5.74, 6) is 0.0731. The second kappa shape index (κ2) is 8.17. The van der Waals surface area contributed by atoms with Gasteiger partial charge in [-0.2, -0.15) is 0 Å². The minimum atomic E-state index is -0.543. The molecule has 1 aromatic heterocycles. The van der Waals surface area contributed by atoms with Crippen LogP contribution in [0.15, 0.2) is 59.6 Å². The van der Waals surface area contributed by atoms with E-state index in [4.69, 9.17) is 4.74 Å². The minimum absolute atomic E-state index is 0.0731. The Morgan fingerprint density at radius 2 is 1.79 bits per heavy atom. The molecule has 3 rings (SSSR count). The Morgan fingerprint density at radius 1 is 1.11 bits per heavy atom. The summed E-state index contributed by atoms with van der Waals surface area (Å²) in [4.78, 5) is 19.5. The van der Waals surface area contributed by atoms with Crippen molar-refractivity contribution in [3.05, 3.63) is 65.7 Å². The first kappa shape index (κ1) is 19.5. The third-order valence-corrected chi connectivity index (χ3v) is 4.02. The number of alkyl carbamates (subject to hydrolysis) is 1. The van der Waals surface area contributed by atoms with Gasteiger partial charge in [-0.25, -0.2) is 4.79 Å². The molecule has 6 nitrogen and oxygen atoms in total. The summed E-state index contributed by atoms with van der Waals surface area (Å²) >= 11 is 0. The van der Waals surface area contributed by atoms with Crippen molar-refractivity contribution < 1.29 is 14.6 Å². The lowest BCUT2D eigenvalue weighted by Gasteiger charge is -2.19. The number of carbonyl (C=O) groups is 1. The fourth-order valence-corrected chi connectivity index (χ4v) is 2.92.